The maximum atomic E-state index is 10.2. The lowest BCUT2D eigenvalue weighted by molar-refractivity contribution is -0.333. The van der Waals surface area contributed by atoms with Gasteiger partial charge in [-0.25, -0.2) is 0 Å². The molecule has 0 aliphatic carbocycles. The van der Waals surface area contributed by atoms with Crippen molar-refractivity contribution in [3.8, 4) is 11.5 Å². The molecule has 1 aromatic carbocycles. The molecule has 1 rings (SSSR count). The molecular formula is C7H7O5P-2. The van der Waals surface area contributed by atoms with Crippen molar-refractivity contribution in [2.75, 3.05) is 7.11 Å². The molecule has 0 aliphatic heterocycles. The summed E-state index contributed by atoms with van der Waals surface area (Å²) in [4.78, 5) is 20.3. The summed E-state index contributed by atoms with van der Waals surface area (Å²) in [6.45, 7) is 0. The molecule has 0 unspecified atom stereocenters. The Hall–Kier alpha value is -1.03. The van der Waals surface area contributed by atoms with Crippen LogP contribution in [0, 0.1) is 0 Å². The van der Waals surface area contributed by atoms with Gasteiger partial charge in [0.15, 0.2) is 0 Å². The van der Waals surface area contributed by atoms with Gasteiger partial charge in [0, 0.05) is 0 Å². The maximum Gasteiger partial charge on any atom is 0.124 e. The van der Waals surface area contributed by atoms with E-state index in [1.807, 2.05) is 0 Å². The smallest absolute Gasteiger partial charge is 0.124 e. The van der Waals surface area contributed by atoms with Gasteiger partial charge in [-0.2, -0.15) is 0 Å². The molecule has 0 bridgehead atoms. The molecule has 0 spiro atoms. The molecule has 72 valence electrons. The van der Waals surface area contributed by atoms with Gasteiger partial charge in [-0.15, -0.1) is 0 Å². The van der Waals surface area contributed by atoms with E-state index in [2.05, 4.69) is 4.52 Å². The van der Waals surface area contributed by atoms with Crippen molar-refractivity contribution in [1.29, 1.82) is 0 Å². The predicted octanol–water partition coefficient (Wildman–Crippen LogP) is -0.0973. The van der Waals surface area contributed by atoms with E-state index in [-0.39, 0.29) is 5.75 Å². The summed E-state index contributed by atoms with van der Waals surface area (Å²) in [5.41, 5.74) is 0. The third-order valence-corrected chi connectivity index (χ3v) is 1.71. The zero-order chi connectivity index (χ0) is 9.90. The Labute approximate surface area is 75.2 Å². The summed E-state index contributed by atoms with van der Waals surface area (Å²) in [6.07, 6.45) is 0. The number of phosphoric acid groups is 1. The number of benzene rings is 1. The van der Waals surface area contributed by atoms with E-state index >= 15 is 0 Å². The molecule has 0 heterocycles. The summed E-state index contributed by atoms with van der Waals surface area (Å²) in [5, 5.41) is 0. The Morgan fingerprint density at radius 3 is 2.00 bits per heavy atom. The molecule has 0 amide bonds. The quantitative estimate of drug-likeness (QED) is 0.639. The van der Waals surface area contributed by atoms with Crippen LogP contribution in [-0.2, 0) is 4.57 Å². The van der Waals surface area contributed by atoms with Crippen molar-refractivity contribution in [2.45, 2.75) is 0 Å². The second-order valence-electron chi connectivity index (χ2n) is 2.21. The number of hydrogen-bond acceptors (Lipinski definition) is 5. The standard InChI is InChI=1S/C7H9O5P/c1-11-6-2-4-7(5-3-6)12-13(8,9)10/h2-5H,1H3,(H2,8,9,10)/p-2. The first-order valence-electron chi connectivity index (χ1n) is 3.37. The van der Waals surface area contributed by atoms with Gasteiger partial charge in [0.25, 0.3) is 0 Å². The highest BCUT2D eigenvalue weighted by atomic mass is 31.2. The molecule has 1 aromatic rings. The molecule has 0 fully saturated rings. The van der Waals surface area contributed by atoms with Crippen LogP contribution in [0.2, 0.25) is 0 Å². The van der Waals surface area contributed by atoms with Crippen molar-refractivity contribution in [3.63, 3.8) is 0 Å². The molecule has 0 aliphatic rings. The van der Waals surface area contributed by atoms with Gasteiger partial charge in [0.2, 0.25) is 0 Å². The zero-order valence-electron chi connectivity index (χ0n) is 6.80. The largest absolute Gasteiger partial charge is 0.780 e. The number of phosphoric ester groups is 1. The summed E-state index contributed by atoms with van der Waals surface area (Å²) in [6, 6.07) is 5.65. The van der Waals surface area contributed by atoms with Crippen molar-refractivity contribution in [2.24, 2.45) is 0 Å². The van der Waals surface area contributed by atoms with Gasteiger partial charge in [0.05, 0.1) is 7.11 Å². The minimum Gasteiger partial charge on any atom is -0.780 e. The minimum atomic E-state index is -4.95. The molecule has 0 saturated heterocycles. The highest BCUT2D eigenvalue weighted by molar-refractivity contribution is 7.43. The van der Waals surface area contributed by atoms with Crippen LogP contribution in [0.1, 0.15) is 0 Å². The van der Waals surface area contributed by atoms with Gasteiger partial charge in [-0.05, 0) is 24.3 Å². The maximum absolute atomic E-state index is 10.2. The van der Waals surface area contributed by atoms with Crippen LogP contribution in [0.4, 0.5) is 0 Å². The van der Waals surface area contributed by atoms with Crippen molar-refractivity contribution >= 4 is 7.82 Å². The number of hydrogen-bond donors (Lipinski definition) is 0. The third-order valence-electron chi connectivity index (χ3n) is 1.28. The van der Waals surface area contributed by atoms with E-state index in [0.717, 1.165) is 0 Å². The molecular weight excluding hydrogens is 195 g/mol. The molecule has 0 aromatic heterocycles. The fourth-order valence-electron chi connectivity index (χ4n) is 0.766. The van der Waals surface area contributed by atoms with Gasteiger partial charge in [-0.1, -0.05) is 0 Å². The van der Waals surface area contributed by atoms with Crippen molar-refractivity contribution in [1.82, 2.24) is 0 Å². The molecule has 0 N–H and O–H groups in total. The highest BCUT2D eigenvalue weighted by Crippen LogP contribution is 2.29. The Kier molecular flexibility index (Phi) is 2.93. The highest BCUT2D eigenvalue weighted by Gasteiger charge is 1.96. The topological polar surface area (TPSA) is 81.7 Å². The molecule has 6 heteroatoms. The van der Waals surface area contributed by atoms with Gasteiger partial charge in [0.1, 0.15) is 19.3 Å². The lowest BCUT2D eigenvalue weighted by Gasteiger charge is -2.28. The number of ether oxygens (including phenoxy) is 1. The van der Waals surface area contributed by atoms with Crippen LogP contribution < -0.4 is 19.0 Å². The van der Waals surface area contributed by atoms with E-state index in [1.54, 1.807) is 0 Å². The van der Waals surface area contributed by atoms with Crippen LogP contribution in [0.15, 0.2) is 24.3 Å². The normalized spacial score (nSPS) is 11.0. The van der Waals surface area contributed by atoms with Crippen molar-refractivity contribution < 1.29 is 23.6 Å². The van der Waals surface area contributed by atoms with Crippen LogP contribution in [0.5, 0.6) is 11.5 Å². The number of methoxy groups -OCH3 is 1. The second kappa shape index (κ2) is 3.79. The van der Waals surface area contributed by atoms with E-state index in [1.165, 1.54) is 31.4 Å². The Bertz CT molecular complexity index is 314. The van der Waals surface area contributed by atoms with Crippen LogP contribution in [-0.4, -0.2) is 7.11 Å². The van der Waals surface area contributed by atoms with Crippen LogP contribution in [0.25, 0.3) is 0 Å². The molecule has 0 saturated carbocycles. The fraction of sp³-hybridized carbons (Fsp3) is 0.143. The Balaban J connectivity index is 2.76. The van der Waals surface area contributed by atoms with Crippen LogP contribution >= 0.6 is 7.82 Å². The summed E-state index contributed by atoms with van der Waals surface area (Å²) in [5.74, 6) is 0.535. The van der Waals surface area contributed by atoms with E-state index in [0.29, 0.717) is 5.75 Å². The summed E-state index contributed by atoms with van der Waals surface area (Å²) in [7, 11) is -3.48. The van der Waals surface area contributed by atoms with Gasteiger partial charge < -0.3 is 23.6 Å². The van der Waals surface area contributed by atoms with E-state index in [9.17, 15) is 14.4 Å². The lowest BCUT2D eigenvalue weighted by Crippen LogP contribution is -2.18. The average Bonchev–Trinajstić information content (AvgIpc) is 2.03. The minimum absolute atomic E-state index is 0.0193. The summed E-state index contributed by atoms with van der Waals surface area (Å²) < 4.78 is 19.1. The molecule has 0 radical (unpaired) electrons. The van der Waals surface area contributed by atoms with Crippen molar-refractivity contribution in [3.05, 3.63) is 24.3 Å². The predicted molar refractivity (Wildman–Crippen MR) is 41.2 cm³/mol. The molecule has 13 heavy (non-hydrogen) atoms. The Morgan fingerprint density at radius 2 is 1.62 bits per heavy atom. The fourth-order valence-corrected chi connectivity index (χ4v) is 1.15. The summed E-state index contributed by atoms with van der Waals surface area (Å²) >= 11 is 0. The molecule has 0 atom stereocenters. The average molecular weight is 202 g/mol. The molecule has 5 nitrogen and oxygen atoms in total. The van der Waals surface area contributed by atoms with Gasteiger partial charge >= 0.3 is 0 Å². The van der Waals surface area contributed by atoms with Gasteiger partial charge in [-0.3, -0.25) is 0 Å². The second-order valence-corrected chi connectivity index (χ2v) is 3.29. The first-order valence-corrected chi connectivity index (χ1v) is 4.83. The monoisotopic (exact) mass is 202 g/mol. The van der Waals surface area contributed by atoms with Crippen LogP contribution in [0.3, 0.4) is 0 Å². The first kappa shape index (κ1) is 10.1. The van der Waals surface area contributed by atoms with E-state index in [4.69, 9.17) is 4.74 Å². The first-order chi connectivity index (χ1) is 6.01. The number of rotatable bonds is 3. The third kappa shape index (κ3) is 3.46. The van der Waals surface area contributed by atoms with E-state index < -0.39 is 7.82 Å². The SMILES string of the molecule is COc1ccc(OP(=O)([O-])[O-])cc1. The zero-order valence-corrected chi connectivity index (χ0v) is 7.69. The Morgan fingerprint density at radius 1 is 1.15 bits per heavy atom. The lowest BCUT2D eigenvalue weighted by atomic mass is 10.3.